The van der Waals surface area contributed by atoms with Gasteiger partial charge in [0.05, 0.1) is 18.2 Å². The molecule has 0 spiro atoms. The fraction of sp³-hybridized carbons (Fsp3) is 0.583. The first-order valence-electron chi connectivity index (χ1n) is 5.90. The minimum Gasteiger partial charge on any atom is -0.473 e. The molecule has 0 aliphatic rings. The molecule has 1 rings (SSSR count). The Morgan fingerprint density at radius 1 is 1.37 bits per heavy atom. The standard InChI is InChI=1S/C12H18F3N3O/c1-8(2)19-11-9(16)4-5-10(17-11)18(3)7-6-12(13,14)15/h4-5,8H,6-7,16H2,1-3H3. The molecule has 0 saturated heterocycles. The molecule has 0 amide bonds. The molecule has 0 aliphatic carbocycles. The summed E-state index contributed by atoms with van der Waals surface area (Å²) in [6.45, 7) is 3.48. The lowest BCUT2D eigenvalue weighted by molar-refractivity contribution is -0.132. The Morgan fingerprint density at radius 2 is 2.00 bits per heavy atom. The molecule has 0 aliphatic heterocycles. The van der Waals surface area contributed by atoms with Gasteiger partial charge < -0.3 is 15.4 Å². The Hall–Kier alpha value is -1.66. The van der Waals surface area contributed by atoms with Gasteiger partial charge in [-0.25, -0.2) is 0 Å². The third-order valence-electron chi connectivity index (χ3n) is 2.34. The largest absolute Gasteiger partial charge is 0.473 e. The van der Waals surface area contributed by atoms with E-state index in [1.165, 1.54) is 4.90 Å². The number of aromatic nitrogens is 1. The molecule has 1 aromatic rings. The van der Waals surface area contributed by atoms with Gasteiger partial charge in [0.2, 0.25) is 5.88 Å². The van der Waals surface area contributed by atoms with Gasteiger partial charge in [-0.2, -0.15) is 18.2 Å². The SMILES string of the molecule is CC(C)Oc1nc(N(C)CCC(F)(F)F)ccc1N. The van der Waals surface area contributed by atoms with Crippen molar-refractivity contribution >= 4 is 11.5 Å². The Labute approximate surface area is 110 Å². The van der Waals surface area contributed by atoms with Crippen LogP contribution in [0, 0.1) is 0 Å². The molecule has 0 bridgehead atoms. The normalized spacial score (nSPS) is 11.7. The number of ether oxygens (including phenoxy) is 1. The Balaban J connectivity index is 2.77. The van der Waals surface area contributed by atoms with Gasteiger partial charge in [0.15, 0.2) is 0 Å². The van der Waals surface area contributed by atoms with E-state index in [1.54, 1.807) is 19.2 Å². The van der Waals surface area contributed by atoms with Gasteiger partial charge in [-0.15, -0.1) is 0 Å². The monoisotopic (exact) mass is 277 g/mol. The van der Waals surface area contributed by atoms with Crippen molar-refractivity contribution in [2.45, 2.75) is 32.5 Å². The van der Waals surface area contributed by atoms with Crippen LogP contribution in [0.2, 0.25) is 0 Å². The number of nitrogens with two attached hydrogens (primary N) is 1. The van der Waals surface area contributed by atoms with E-state index in [0.717, 1.165) is 0 Å². The highest BCUT2D eigenvalue weighted by Gasteiger charge is 2.27. The van der Waals surface area contributed by atoms with E-state index in [-0.39, 0.29) is 18.5 Å². The molecule has 0 fully saturated rings. The second kappa shape index (κ2) is 5.99. The lowest BCUT2D eigenvalue weighted by Crippen LogP contribution is -2.25. The first kappa shape index (κ1) is 15.4. The van der Waals surface area contributed by atoms with Crippen molar-refractivity contribution in [1.29, 1.82) is 0 Å². The second-order valence-corrected chi connectivity index (χ2v) is 4.52. The molecule has 0 unspecified atom stereocenters. The summed E-state index contributed by atoms with van der Waals surface area (Å²) in [7, 11) is 1.55. The van der Waals surface area contributed by atoms with Crippen LogP contribution >= 0.6 is 0 Å². The van der Waals surface area contributed by atoms with E-state index in [0.29, 0.717) is 11.5 Å². The van der Waals surface area contributed by atoms with Gasteiger partial charge >= 0.3 is 6.18 Å². The number of pyridine rings is 1. The minimum atomic E-state index is -4.18. The van der Waals surface area contributed by atoms with Crippen molar-refractivity contribution in [3.8, 4) is 5.88 Å². The number of hydrogen-bond donors (Lipinski definition) is 1. The Morgan fingerprint density at radius 3 is 2.53 bits per heavy atom. The van der Waals surface area contributed by atoms with E-state index in [9.17, 15) is 13.2 Å². The molecular weight excluding hydrogens is 259 g/mol. The number of rotatable bonds is 5. The first-order valence-corrected chi connectivity index (χ1v) is 5.90. The van der Waals surface area contributed by atoms with Crippen molar-refractivity contribution in [1.82, 2.24) is 4.98 Å². The lowest BCUT2D eigenvalue weighted by atomic mass is 10.3. The topological polar surface area (TPSA) is 51.4 Å². The molecule has 108 valence electrons. The molecule has 0 radical (unpaired) electrons. The van der Waals surface area contributed by atoms with Crippen molar-refractivity contribution in [3.05, 3.63) is 12.1 Å². The summed E-state index contributed by atoms with van der Waals surface area (Å²) in [6, 6.07) is 3.14. The predicted octanol–water partition coefficient (Wildman–Crippen LogP) is 2.84. The van der Waals surface area contributed by atoms with E-state index >= 15 is 0 Å². The zero-order valence-corrected chi connectivity index (χ0v) is 11.2. The minimum absolute atomic E-state index is 0.106. The van der Waals surface area contributed by atoms with Crippen LogP contribution in [-0.4, -0.2) is 30.9 Å². The number of anilines is 2. The number of nitrogens with zero attached hydrogens (tertiary/aromatic N) is 2. The first-order chi connectivity index (χ1) is 8.69. The van der Waals surface area contributed by atoms with Gasteiger partial charge in [0, 0.05) is 13.6 Å². The van der Waals surface area contributed by atoms with Crippen LogP contribution in [-0.2, 0) is 0 Å². The van der Waals surface area contributed by atoms with Crippen molar-refractivity contribution in [2.75, 3.05) is 24.2 Å². The van der Waals surface area contributed by atoms with Crippen LogP contribution in [0.15, 0.2) is 12.1 Å². The van der Waals surface area contributed by atoms with Gasteiger partial charge in [-0.05, 0) is 26.0 Å². The zero-order chi connectivity index (χ0) is 14.6. The maximum atomic E-state index is 12.2. The van der Waals surface area contributed by atoms with Gasteiger partial charge in [-0.3, -0.25) is 0 Å². The summed E-state index contributed by atoms with van der Waals surface area (Å²) in [6.07, 6.45) is -5.18. The van der Waals surface area contributed by atoms with E-state index < -0.39 is 12.6 Å². The number of nitrogen functional groups attached to an aromatic ring is 1. The Kier molecular flexibility index (Phi) is 4.85. The molecular formula is C12H18F3N3O. The fourth-order valence-electron chi connectivity index (χ4n) is 1.38. The molecule has 1 heterocycles. The van der Waals surface area contributed by atoms with Crippen molar-refractivity contribution < 1.29 is 17.9 Å². The summed E-state index contributed by atoms with van der Waals surface area (Å²) in [5.41, 5.74) is 6.06. The van der Waals surface area contributed by atoms with Crippen LogP contribution in [0.5, 0.6) is 5.88 Å². The molecule has 0 atom stereocenters. The number of hydrogen-bond acceptors (Lipinski definition) is 4. The Bertz CT molecular complexity index is 421. The van der Waals surface area contributed by atoms with E-state index in [4.69, 9.17) is 10.5 Å². The van der Waals surface area contributed by atoms with Gasteiger partial charge in [0.25, 0.3) is 0 Å². The van der Waals surface area contributed by atoms with Crippen LogP contribution in [0.4, 0.5) is 24.7 Å². The van der Waals surface area contributed by atoms with Crippen LogP contribution < -0.4 is 15.4 Å². The summed E-state index contributed by atoms with van der Waals surface area (Å²) in [4.78, 5) is 5.54. The molecule has 4 nitrogen and oxygen atoms in total. The molecule has 1 aromatic heterocycles. The highest BCUT2D eigenvalue weighted by molar-refractivity contribution is 5.54. The van der Waals surface area contributed by atoms with E-state index in [1.807, 2.05) is 13.8 Å². The third-order valence-corrected chi connectivity index (χ3v) is 2.34. The summed E-state index contributed by atoms with van der Waals surface area (Å²) < 4.78 is 41.9. The molecule has 7 heteroatoms. The molecule has 0 saturated carbocycles. The average molecular weight is 277 g/mol. The highest BCUT2D eigenvalue weighted by Crippen LogP contribution is 2.25. The second-order valence-electron chi connectivity index (χ2n) is 4.52. The lowest BCUT2D eigenvalue weighted by Gasteiger charge is -2.20. The quantitative estimate of drug-likeness (QED) is 0.899. The predicted molar refractivity (Wildman–Crippen MR) is 68.4 cm³/mol. The van der Waals surface area contributed by atoms with Crippen LogP contribution in [0.3, 0.4) is 0 Å². The number of alkyl halides is 3. The molecule has 2 N–H and O–H groups in total. The van der Waals surface area contributed by atoms with Crippen molar-refractivity contribution in [3.63, 3.8) is 0 Å². The van der Waals surface area contributed by atoms with Crippen LogP contribution in [0.25, 0.3) is 0 Å². The third kappa shape index (κ3) is 5.23. The number of halogens is 3. The molecule has 0 aromatic carbocycles. The zero-order valence-electron chi connectivity index (χ0n) is 11.2. The van der Waals surface area contributed by atoms with Gasteiger partial charge in [-0.1, -0.05) is 0 Å². The maximum absolute atomic E-state index is 12.2. The van der Waals surface area contributed by atoms with Crippen molar-refractivity contribution in [2.24, 2.45) is 0 Å². The summed E-state index contributed by atoms with van der Waals surface area (Å²) >= 11 is 0. The fourth-order valence-corrected chi connectivity index (χ4v) is 1.38. The average Bonchev–Trinajstić information content (AvgIpc) is 2.27. The summed E-state index contributed by atoms with van der Waals surface area (Å²) in [5, 5.41) is 0. The van der Waals surface area contributed by atoms with E-state index in [2.05, 4.69) is 4.98 Å². The maximum Gasteiger partial charge on any atom is 0.390 e. The highest BCUT2D eigenvalue weighted by atomic mass is 19.4. The smallest absolute Gasteiger partial charge is 0.390 e. The van der Waals surface area contributed by atoms with Gasteiger partial charge in [0.1, 0.15) is 5.82 Å². The summed E-state index contributed by atoms with van der Waals surface area (Å²) in [5.74, 6) is 0.639. The van der Waals surface area contributed by atoms with Crippen LogP contribution in [0.1, 0.15) is 20.3 Å². The molecule has 19 heavy (non-hydrogen) atoms.